The minimum absolute atomic E-state index is 0.159. The van der Waals surface area contributed by atoms with Crippen molar-refractivity contribution in [3.05, 3.63) is 30.4 Å². The number of amides is 2. The van der Waals surface area contributed by atoms with Crippen molar-refractivity contribution in [1.82, 2.24) is 29.3 Å². The monoisotopic (exact) mass is 436 g/mol. The maximum absolute atomic E-state index is 13.0. The van der Waals surface area contributed by atoms with Gasteiger partial charge in [-0.25, -0.2) is 13.2 Å². The molecular formula is C18H24N6O5S. The highest BCUT2D eigenvalue weighted by Gasteiger charge is 2.31. The van der Waals surface area contributed by atoms with E-state index in [-0.39, 0.29) is 30.6 Å². The van der Waals surface area contributed by atoms with E-state index in [0.29, 0.717) is 43.6 Å². The fourth-order valence-corrected chi connectivity index (χ4v) is 4.76. The molecule has 3 heterocycles. The van der Waals surface area contributed by atoms with Gasteiger partial charge in [-0.1, -0.05) is 0 Å². The standard InChI is InChI=1S/C18H24N6O5S/c1-22-13-20-21-17(22)12-19-18(25)23-5-7-24(8-6-23)30(26,27)14-3-4-15-16(11-14)29-10-2-9-28-15/h3-4,11,13H,2,5-10,12H2,1H3,(H,19,25). The fraction of sp³-hybridized carbons (Fsp3) is 0.500. The predicted molar refractivity (Wildman–Crippen MR) is 106 cm³/mol. The molecule has 0 atom stereocenters. The van der Waals surface area contributed by atoms with Crippen LogP contribution < -0.4 is 14.8 Å². The zero-order valence-electron chi connectivity index (χ0n) is 16.7. The quantitative estimate of drug-likeness (QED) is 0.727. The van der Waals surface area contributed by atoms with Gasteiger partial charge in [-0.05, 0) is 12.1 Å². The molecule has 30 heavy (non-hydrogen) atoms. The molecule has 0 spiro atoms. The summed E-state index contributed by atoms with van der Waals surface area (Å²) in [6.07, 6.45) is 2.31. The molecule has 12 heteroatoms. The Morgan fingerprint density at radius 1 is 1.13 bits per heavy atom. The van der Waals surface area contributed by atoms with Crippen molar-refractivity contribution in [2.45, 2.75) is 17.9 Å². The number of urea groups is 1. The average molecular weight is 436 g/mol. The van der Waals surface area contributed by atoms with Crippen LogP contribution in [-0.2, 0) is 23.6 Å². The van der Waals surface area contributed by atoms with E-state index in [1.165, 1.54) is 16.4 Å². The molecule has 162 valence electrons. The Balaban J connectivity index is 1.36. The molecule has 2 amide bonds. The van der Waals surface area contributed by atoms with E-state index in [1.807, 2.05) is 0 Å². The van der Waals surface area contributed by atoms with E-state index in [1.54, 1.807) is 28.9 Å². The highest BCUT2D eigenvalue weighted by Crippen LogP contribution is 2.33. The largest absolute Gasteiger partial charge is 0.490 e. The van der Waals surface area contributed by atoms with Crippen molar-refractivity contribution < 1.29 is 22.7 Å². The Hall–Kier alpha value is -2.86. The van der Waals surface area contributed by atoms with Crippen LogP contribution in [0.5, 0.6) is 11.5 Å². The van der Waals surface area contributed by atoms with E-state index < -0.39 is 10.0 Å². The molecule has 2 aliphatic heterocycles. The SMILES string of the molecule is Cn1cnnc1CNC(=O)N1CCN(S(=O)(=O)c2ccc3c(c2)OCCCO3)CC1. The Bertz CT molecular complexity index is 1020. The summed E-state index contributed by atoms with van der Waals surface area (Å²) in [4.78, 5) is 14.1. The summed E-state index contributed by atoms with van der Waals surface area (Å²) in [6.45, 7) is 2.31. The average Bonchev–Trinajstić information content (AvgIpc) is 3.02. The summed E-state index contributed by atoms with van der Waals surface area (Å²) in [5.74, 6) is 1.63. The van der Waals surface area contributed by atoms with Gasteiger partial charge >= 0.3 is 6.03 Å². The number of benzene rings is 1. The minimum Gasteiger partial charge on any atom is -0.490 e. The number of aromatic nitrogens is 3. The molecule has 2 aromatic rings. The van der Waals surface area contributed by atoms with Crippen molar-refractivity contribution in [1.29, 1.82) is 0 Å². The first-order chi connectivity index (χ1) is 14.4. The summed E-state index contributed by atoms with van der Waals surface area (Å²) < 4.78 is 40.4. The van der Waals surface area contributed by atoms with Crippen LogP contribution in [0.25, 0.3) is 0 Å². The number of aryl methyl sites for hydroxylation is 1. The molecule has 2 aliphatic rings. The number of hydrogen-bond donors (Lipinski definition) is 1. The first kappa shape index (κ1) is 20.4. The molecular weight excluding hydrogens is 412 g/mol. The normalized spacial score (nSPS) is 17.4. The van der Waals surface area contributed by atoms with E-state index in [4.69, 9.17) is 9.47 Å². The Labute approximate surface area is 174 Å². The van der Waals surface area contributed by atoms with Crippen LogP contribution in [0, 0.1) is 0 Å². The zero-order chi connectivity index (χ0) is 21.1. The van der Waals surface area contributed by atoms with Crippen LogP contribution in [0.2, 0.25) is 0 Å². The topological polar surface area (TPSA) is 119 Å². The highest BCUT2D eigenvalue weighted by atomic mass is 32.2. The van der Waals surface area contributed by atoms with Crippen molar-refractivity contribution in [3.8, 4) is 11.5 Å². The van der Waals surface area contributed by atoms with Crippen LogP contribution in [0.3, 0.4) is 0 Å². The molecule has 0 radical (unpaired) electrons. The van der Waals surface area contributed by atoms with Crippen LogP contribution in [0.15, 0.2) is 29.4 Å². The summed E-state index contributed by atoms with van der Waals surface area (Å²) in [6, 6.07) is 4.41. The Kier molecular flexibility index (Phi) is 5.77. The molecule has 11 nitrogen and oxygen atoms in total. The second-order valence-corrected chi connectivity index (χ2v) is 9.00. The molecule has 1 aromatic heterocycles. The van der Waals surface area contributed by atoms with Gasteiger partial charge in [-0.15, -0.1) is 10.2 Å². The van der Waals surface area contributed by atoms with Gasteiger partial charge in [0.2, 0.25) is 10.0 Å². The van der Waals surface area contributed by atoms with E-state index >= 15 is 0 Å². The van der Waals surface area contributed by atoms with Gasteiger partial charge in [0.15, 0.2) is 17.3 Å². The second-order valence-electron chi connectivity index (χ2n) is 7.07. The lowest BCUT2D eigenvalue weighted by Crippen LogP contribution is -2.53. The zero-order valence-corrected chi connectivity index (χ0v) is 17.5. The highest BCUT2D eigenvalue weighted by molar-refractivity contribution is 7.89. The van der Waals surface area contributed by atoms with Crippen molar-refractivity contribution in [2.24, 2.45) is 7.05 Å². The van der Waals surface area contributed by atoms with Crippen molar-refractivity contribution in [3.63, 3.8) is 0 Å². The third-order valence-electron chi connectivity index (χ3n) is 5.09. The fourth-order valence-electron chi connectivity index (χ4n) is 3.32. The third kappa shape index (κ3) is 4.19. The summed E-state index contributed by atoms with van der Waals surface area (Å²) >= 11 is 0. The van der Waals surface area contributed by atoms with E-state index in [9.17, 15) is 13.2 Å². The lowest BCUT2D eigenvalue weighted by Gasteiger charge is -2.34. The molecule has 0 saturated carbocycles. The molecule has 1 aromatic carbocycles. The molecule has 1 saturated heterocycles. The summed E-state index contributed by atoms with van der Waals surface area (Å²) in [7, 11) is -1.90. The number of hydrogen-bond acceptors (Lipinski definition) is 7. The second kappa shape index (κ2) is 8.48. The van der Waals surface area contributed by atoms with E-state index in [0.717, 1.165) is 6.42 Å². The Morgan fingerprint density at radius 3 is 2.57 bits per heavy atom. The number of carbonyl (C=O) groups excluding carboxylic acids is 1. The van der Waals surface area contributed by atoms with Gasteiger partial charge in [-0.3, -0.25) is 0 Å². The van der Waals surface area contributed by atoms with Crippen LogP contribution in [-0.4, -0.2) is 77.8 Å². The van der Waals surface area contributed by atoms with Gasteiger partial charge in [-0.2, -0.15) is 4.31 Å². The predicted octanol–water partition coefficient (Wildman–Crippen LogP) is 0.193. The number of piperazine rings is 1. The first-order valence-corrected chi connectivity index (χ1v) is 11.1. The number of rotatable bonds is 4. The maximum atomic E-state index is 13.0. The minimum atomic E-state index is -3.69. The van der Waals surface area contributed by atoms with Gasteiger partial charge < -0.3 is 24.3 Å². The Morgan fingerprint density at radius 2 is 1.87 bits per heavy atom. The van der Waals surface area contributed by atoms with Gasteiger partial charge in [0.05, 0.1) is 24.7 Å². The number of nitrogens with one attached hydrogen (secondary N) is 1. The lowest BCUT2D eigenvalue weighted by molar-refractivity contribution is 0.171. The first-order valence-electron chi connectivity index (χ1n) is 9.70. The molecule has 1 fully saturated rings. The summed E-state index contributed by atoms with van der Waals surface area (Å²) in [5.41, 5.74) is 0. The van der Waals surface area contributed by atoms with Crippen molar-refractivity contribution in [2.75, 3.05) is 39.4 Å². The number of nitrogens with zero attached hydrogens (tertiary/aromatic N) is 5. The van der Waals surface area contributed by atoms with E-state index in [2.05, 4.69) is 15.5 Å². The van der Waals surface area contributed by atoms with Crippen LogP contribution >= 0.6 is 0 Å². The number of sulfonamides is 1. The van der Waals surface area contributed by atoms with Gasteiger partial charge in [0, 0.05) is 45.7 Å². The van der Waals surface area contributed by atoms with Crippen molar-refractivity contribution >= 4 is 16.1 Å². The number of fused-ring (bicyclic) bond motifs is 1. The third-order valence-corrected chi connectivity index (χ3v) is 6.98. The number of ether oxygens (including phenoxy) is 2. The molecule has 0 bridgehead atoms. The molecule has 0 aliphatic carbocycles. The number of carbonyl (C=O) groups is 1. The molecule has 1 N–H and O–H groups in total. The van der Waals surface area contributed by atoms with Crippen LogP contribution in [0.4, 0.5) is 4.79 Å². The van der Waals surface area contributed by atoms with Gasteiger partial charge in [0.25, 0.3) is 0 Å². The summed E-state index contributed by atoms with van der Waals surface area (Å²) in [5, 5.41) is 10.5. The molecule has 0 unspecified atom stereocenters. The molecule has 4 rings (SSSR count). The van der Waals surface area contributed by atoms with Crippen LogP contribution in [0.1, 0.15) is 12.2 Å². The maximum Gasteiger partial charge on any atom is 0.317 e. The van der Waals surface area contributed by atoms with Gasteiger partial charge in [0.1, 0.15) is 6.33 Å². The lowest BCUT2D eigenvalue weighted by atomic mass is 10.3. The smallest absolute Gasteiger partial charge is 0.317 e.